The normalized spacial score (nSPS) is 10.6. The highest BCUT2D eigenvalue weighted by molar-refractivity contribution is 6.31. The molecule has 160 valence electrons. The molecule has 0 fully saturated rings. The van der Waals surface area contributed by atoms with Gasteiger partial charge in [0.05, 0.1) is 11.3 Å². The maximum Gasteiger partial charge on any atom is 0.262 e. The van der Waals surface area contributed by atoms with Crippen molar-refractivity contribution in [2.75, 3.05) is 18.5 Å². The zero-order valence-corrected chi connectivity index (χ0v) is 18.0. The molecule has 0 radical (unpaired) electrons. The number of nitrogens with two attached hydrogens (primary N) is 1. The van der Waals surface area contributed by atoms with E-state index in [0.29, 0.717) is 16.5 Å². The number of primary amides is 1. The molecule has 0 bridgehead atoms. The lowest BCUT2D eigenvalue weighted by atomic mass is 10.0. The Hall–Kier alpha value is -3.06. The fraction of sp³-hybridized carbons (Fsp3) is 0.318. The Bertz CT molecular complexity index is 944. The molecule has 3 amide bonds. The van der Waals surface area contributed by atoms with Crippen molar-refractivity contribution >= 4 is 35.0 Å². The summed E-state index contributed by atoms with van der Waals surface area (Å²) < 4.78 is 5.74. The molecule has 8 heteroatoms. The van der Waals surface area contributed by atoms with Crippen LogP contribution in [-0.4, -0.2) is 30.9 Å². The molecule has 0 aliphatic rings. The van der Waals surface area contributed by atoms with Crippen molar-refractivity contribution in [3.8, 4) is 5.75 Å². The highest BCUT2D eigenvalue weighted by Gasteiger charge is 2.15. The van der Waals surface area contributed by atoms with Gasteiger partial charge in [0.25, 0.3) is 11.8 Å². The number of anilines is 1. The first-order valence-electron chi connectivity index (χ1n) is 9.57. The van der Waals surface area contributed by atoms with Gasteiger partial charge in [0.15, 0.2) is 6.61 Å². The average Bonchev–Trinajstić information content (AvgIpc) is 2.68. The van der Waals surface area contributed by atoms with Gasteiger partial charge in [0.1, 0.15) is 5.75 Å². The summed E-state index contributed by atoms with van der Waals surface area (Å²) in [4.78, 5) is 35.6. The molecule has 4 N–H and O–H groups in total. The molecular weight excluding hydrogens is 406 g/mol. The number of halogens is 1. The standard InChI is InChI=1S/C22H26ClN3O4/c1-13(2)16-11-17(23)14(3)10-19(16)30-12-21(28)26-18-7-5-4-6-15(18)22(29)25-9-8-20(24)27/h4-7,10-11,13H,8-9,12H2,1-3H3,(H2,24,27)(H,25,29)(H,26,28). The fourth-order valence-corrected chi connectivity index (χ4v) is 2.93. The number of carbonyl (C=O) groups excluding carboxylic acids is 3. The molecule has 2 rings (SSSR count). The van der Waals surface area contributed by atoms with Gasteiger partial charge in [-0.25, -0.2) is 0 Å². The number of aryl methyl sites for hydroxylation is 1. The molecule has 0 saturated carbocycles. The van der Waals surface area contributed by atoms with Gasteiger partial charge in [-0.05, 0) is 48.2 Å². The molecular formula is C22H26ClN3O4. The summed E-state index contributed by atoms with van der Waals surface area (Å²) in [6.45, 7) is 5.79. The summed E-state index contributed by atoms with van der Waals surface area (Å²) in [5.41, 5.74) is 7.46. The van der Waals surface area contributed by atoms with Gasteiger partial charge in [-0.15, -0.1) is 0 Å². The van der Waals surface area contributed by atoms with E-state index in [2.05, 4.69) is 10.6 Å². The zero-order chi connectivity index (χ0) is 22.3. The van der Waals surface area contributed by atoms with Crippen molar-refractivity contribution in [1.29, 1.82) is 0 Å². The first kappa shape index (κ1) is 23.2. The topological polar surface area (TPSA) is 111 Å². The molecule has 0 unspecified atom stereocenters. The van der Waals surface area contributed by atoms with Crippen LogP contribution in [0.2, 0.25) is 5.02 Å². The minimum atomic E-state index is -0.507. The van der Waals surface area contributed by atoms with Crippen LogP contribution in [0.25, 0.3) is 0 Å². The first-order valence-corrected chi connectivity index (χ1v) is 9.95. The number of carbonyl (C=O) groups is 3. The van der Waals surface area contributed by atoms with Crippen molar-refractivity contribution in [1.82, 2.24) is 5.32 Å². The van der Waals surface area contributed by atoms with E-state index >= 15 is 0 Å². The van der Waals surface area contributed by atoms with E-state index in [-0.39, 0.29) is 31.1 Å². The number of para-hydroxylation sites is 1. The lowest BCUT2D eigenvalue weighted by Crippen LogP contribution is -2.29. The van der Waals surface area contributed by atoms with Gasteiger partial charge in [-0.2, -0.15) is 0 Å². The van der Waals surface area contributed by atoms with Gasteiger partial charge < -0.3 is 21.1 Å². The molecule has 2 aromatic rings. The zero-order valence-electron chi connectivity index (χ0n) is 17.3. The maximum absolute atomic E-state index is 12.4. The number of nitrogens with one attached hydrogen (secondary N) is 2. The number of ether oxygens (including phenoxy) is 1. The van der Waals surface area contributed by atoms with Crippen LogP contribution in [0.4, 0.5) is 5.69 Å². The van der Waals surface area contributed by atoms with E-state index in [9.17, 15) is 14.4 Å². The Kier molecular flexibility index (Phi) is 8.24. The quantitative estimate of drug-likeness (QED) is 0.565. The van der Waals surface area contributed by atoms with Gasteiger partial charge in [-0.3, -0.25) is 14.4 Å². The number of rotatable bonds is 9. The van der Waals surface area contributed by atoms with E-state index in [1.54, 1.807) is 24.3 Å². The molecule has 0 heterocycles. The Morgan fingerprint density at radius 1 is 1.17 bits per heavy atom. The number of hydrogen-bond acceptors (Lipinski definition) is 4. The van der Waals surface area contributed by atoms with Crippen LogP contribution in [0.5, 0.6) is 5.75 Å². The summed E-state index contributed by atoms with van der Waals surface area (Å²) in [7, 11) is 0. The van der Waals surface area contributed by atoms with Crippen LogP contribution < -0.4 is 21.1 Å². The third-order valence-corrected chi connectivity index (χ3v) is 4.78. The van der Waals surface area contributed by atoms with Crippen LogP contribution in [0.15, 0.2) is 36.4 Å². The Balaban J connectivity index is 2.05. The number of amides is 3. The highest BCUT2D eigenvalue weighted by Crippen LogP contribution is 2.32. The van der Waals surface area contributed by atoms with Crippen molar-refractivity contribution in [3.63, 3.8) is 0 Å². The summed E-state index contributed by atoms with van der Waals surface area (Å²) in [5.74, 6) is -0.559. The van der Waals surface area contributed by atoms with Crippen LogP contribution in [0, 0.1) is 6.92 Å². The summed E-state index contributed by atoms with van der Waals surface area (Å²) in [6.07, 6.45) is 0.0345. The molecule has 7 nitrogen and oxygen atoms in total. The van der Waals surface area contributed by atoms with Gasteiger partial charge >= 0.3 is 0 Å². The van der Waals surface area contributed by atoms with Crippen LogP contribution in [0.1, 0.15) is 47.7 Å². The summed E-state index contributed by atoms with van der Waals surface area (Å²) >= 11 is 6.20. The monoisotopic (exact) mass is 431 g/mol. The second kappa shape index (κ2) is 10.6. The highest BCUT2D eigenvalue weighted by atomic mass is 35.5. The van der Waals surface area contributed by atoms with E-state index in [1.165, 1.54) is 0 Å². The average molecular weight is 432 g/mol. The minimum Gasteiger partial charge on any atom is -0.483 e. The maximum atomic E-state index is 12.4. The molecule has 0 aliphatic carbocycles. The fourth-order valence-electron chi connectivity index (χ4n) is 2.76. The van der Waals surface area contributed by atoms with E-state index in [4.69, 9.17) is 22.1 Å². The smallest absolute Gasteiger partial charge is 0.262 e. The van der Waals surface area contributed by atoms with E-state index in [0.717, 1.165) is 11.1 Å². The number of benzene rings is 2. The van der Waals surface area contributed by atoms with Crippen LogP contribution in [0.3, 0.4) is 0 Å². The Labute approximate surface area is 180 Å². The molecule has 0 saturated heterocycles. The third-order valence-electron chi connectivity index (χ3n) is 4.37. The summed E-state index contributed by atoms with van der Waals surface area (Å²) in [5, 5.41) is 5.94. The Morgan fingerprint density at radius 3 is 2.53 bits per heavy atom. The van der Waals surface area contributed by atoms with Crippen molar-refractivity contribution in [2.45, 2.75) is 33.1 Å². The lowest BCUT2D eigenvalue weighted by molar-refractivity contribution is -0.118. The molecule has 0 aliphatic heterocycles. The predicted octanol–water partition coefficient (Wildman–Crippen LogP) is 3.39. The van der Waals surface area contributed by atoms with Crippen molar-refractivity contribution in [3.05, 3.63) is 58.1 Å². The third kappa shape index (κ3) is 6.49. The Morgan fingerprint density at radius 2 is 1.87 bits per heavy atom. The molecule has 0 aromatic heterocycles. The van der Waals surface area contributed by atoms with Gasteiger partial charge in [0.2, 0.25) is 5.91 Å². The molecule has 0 atom stereocenters. The molecule has 2 aromatic carbocycles. The lowest BCUT2D eigenvalue weighted by Gasteiger charge is -2.16. The second-order valence-electron chi connectivity index (χ2n) is 7.15. The van der Waals surface area contributed by atoms with Crippen LogP contribution in [-0.2, 0) is 9.59 Å². The second-order valence-corrected chi connectivity index (χ2v) is 7.56. The SMILES string of the molecule is Cc1cc(OCC(=O)Nc2ccccc2C(=O)NCCC(N)=O)c(C(C)C)cc1Cl. The van der Waals surface area contributed by atoms with E-state index < -0.39 is 17.7 Å². The molecule has 0 spiro atoms. The minimum absolute atomic E-state index is 0.0345. The van der Waals surface area contributed by atoms with Crippen LogP contribution >= 0.6 is 11.6 Å². The van der Waals surface area contributed by atoms with Gasteiger partial charge in [-0.1, -0.05) is 37.6 Å². The van der Waals surface area contributed by atoms with Crippen molar-refractivity contribution < 1.29 is 19.1 Å². The van der Waals surface area contributed by atoms with Gasteiger partial charge in [0, 0.05) is 18.0 Å². The summed E-state index contributed by atoms with van der Waals surface area (Å²) in [6, 6.07) is 10.2. The predicted molar refractivity (Wildman–Crippen MR) is 117 cm³/mol. The number of hydrogen-bond donors (Lipinski definition) is 3. The first-order chi connectivity index (χ1) is 14.2. The van der Waals surface area contributed by atoms with Crippen molar-refractivity contribution in [2.24, 2.45) is 5.73 Å². The largest absolute Gasteiger partial charge is 0.483 e. The van der Waals surface area contributed by atoms with E-state index in [1.807, 2.05) is 32.9 Å². The molecule has 30 heavy (non-hydrogen) atoms.